The number of halogens is 2. The van der Waals surface area contributed by atoms with Crippen molar-refractivity contribution in [1.82, 2.24) is 0 Å². The molecule has 0 aromatic heterocycles. The van der Waals surface area contributed by atoms with Crippen molar-refractivity contribution in [2.24, 2.45) is 5.11 Å². The minimum absolute atomic E-state index is 0.191. The summed E-state index contributed by atoms with van der Waals surface area (Å²) < 4.78 is 29.0. The molecule has 0 aliphatic heterocycles. The Labute approximate surface area is 70.9 Å². The Morgan fingerprint density at radius 1 is 1.58 bits per heavy atom. The van der Waals surface area contributed by atoms with Crippen LogP contribution in [-0.2, 0) is 4.43 Å². The molecule has 0 rings (SSSR count). The number of azide groups is 1. The third-order valence-electron chi connectivity index (χ3n) is 1.03. The molecule has 1 radical (unpaired) electrons. The van der Waals surface area contributed by atoms with Crippen LogP contribution in [0.1, 0.15) is 0 Å². The second-order valence-electron chi connectivity index (χ2n) is 2.33. The smallest absolute Gasteiger partial charge is 0.249 e. The fourth-order valence-corrected chi connectivity index (χ4v) is 0.979. The zero-order chi connectivity index (χ0) is 9.56. The molecular formula is C5H10F2N3OSi. The Kier molecular flexibility index (Phi) is 5.61. The standard InChI is InChI=1S/C5H10F2N3OSi/c1-12(2)11-3-4(5(6)7)9-10-8/h4-5H,3H2,1-2H3/t4-/m0/s1. The molecule has 0 saturated carbocycles. The zero-order valence-electron chi connectivity index (χ0n) is 6.87. The molecule has 0 amide bonds. The molecule has 0 N–H and O–H groups in total. The summed E-state index contributed by atoms with van der Waals surface area (Å²) in [5.74, 6) is 0. The second kappa shape index (κ2) is 5.93. The first kappa shape index (κ1) is 11.3. The monoisotopic (exact) mass is 194 g/mol. The van der Waals surface area contributed by atoms with Crippen molar-refractivity contribution in [3.63, 3.8) is 0 Å². The maximum atomic E-state index is 12.0. The number of alkyl halides is 2. The lowest BCUT2D eigenvalue weighted by Gasteiger charge is -2.11. The van der Waals surface area contributed by atoms with Crippen LogP contribution < -0.4 is 0 Å². The van der Waals surface area contributed by atoms with Gasteiger partial charge < -0.3 is 4.43 Å². The van der Waals surface area contributed by atoms with Crippen LogP contribution in [0.15, 0.2) is 5.11 Å². The third kappa shape index (κ3) is 5.06. The van der Waals surface area contributed by atoms with Gasteiger partial charge in [0.25, 0.3) is 0 Å². The van der Waals surface area contributed by atoms with E-state index in [-0.39, 0.29) is 6.61 Å². The fourth-order valence-electron chi connectivity index (χ4n) is 0.475. The average molecular weight is 194 g/mol. The third-order valence-corrected chi connectivity index (χ3v) is 1.78. The second-order valence-corrected chi connectivity index (χ2v) is 4.43. The summed E-state index contributed by atoms with van der Waals surface area (Å²) in [4.78, 5) is 2.31. The van der Waals surface area contributed by atoms with Crippen molar-refractivity contribution >= 4 is 9.04 Å². The number of hydrogen-bond donors (Lipinski definition) is 0. The highest BCUT2D eigenvalue weighted by Crippen LogP contribution is 2.06. The van der Waals surface area contributed by atoms with Gasteiger partial charge in [-0.3, -0.25) is 0 Å². The van der Waals surface area contributed by atoms with E-state index in [4.69, 9.17) is 9.96 Å². The Hall–Kier alpha value is -0.653. The molecule has 0 fully saturated rings. The number of nitrogens with zero attached hydrogens (tertiary/aromatic N) is 3. The Morgan fingerprint density at radius 2 is 2.17 bits per heavy atom. The van der Waals surface area contributed by atoms with Gasteiger partial charge in [-0.15, -0.1) is 0 Å². The van der Waals surface area contributed by atoms with E-state index in [1.165, 1.54) is 0 Å². The highest BCUT2D eigenvalue weighted by atomic mass is 28.3. The van der Waals surface area contributed by atoms with Gasteiger partial charge in [0.2, 0.25) is 15.5 Å². The van der Waals surface area contributed by atoms with Crippen molar-refractivity contribution in [2.75, 3.05) is 6.61 Å². The fraction of sp³-hybridized carbons (Fsp3) is 1.00. The summed E-state index contributed by atoms with van der Waals surface area (Å²) >= 11 is 0. The summed E-state index contributed by atoms with van der Waals surface area (Å²) in [6, 6.07) is -1.35. The van der Waals surface area contributed by atoms with Gasteiger partial charge in [-0.1, -0.05) is 5.11 Å². The maximum Gasteiger partial charge on any atom is 0.249 e. The number of rotatable bonds is 5. The average Bonchev–Trinajstić information content (AvgIpc) is 1.96. The molecule has 0 bridgehead atoms. The van der Waals surface area contributed by atoms with E-state index < -0.39 is 21.5 Å². The summed E-state index contributed by atoms with van der Waals surface area (Å²) in [5.41, 5.74) is 7.93. The molecule has 0 aromatic rings. The molecule has 0 aliphatic rings. The normalized spacial score (nSPS) is 13.2. The van der Waals surface area contributed by atoms with Crippen molar-refractivity contribution in [1.29, 1.82) is 0 Å². The molecule has 0 spiro atoms. The van der Waals surface area contributed by atoms with Crippen LogP contribution in [0.4, 0.5) is 8.78 Å². The summed E-state index contributed by atoms with van der Waals surface area (Å²) in [5, 5.41) is 2.92. The lowest BCUT2D eigenvalue weighted by Crippen LogP contribution is -2.24. The van der Waals surface area contributed by atoms with E-state index in [1.54, 1.807) is 0 Å². The van der Waals surface area contributed by atoms with Gasteiger partial charge in [0.15, 0.2) is 0 Å². The van der Waals surface area contributed by atoms with Gasteiger partial charge >= 0.3 is 0 Å². The van der Waals surface area contributed by atoms with Crippen LogP contribution in [0.2, 0.25) is 13.1 Å². The predicted octanol–water partition coefficient (Wildman–Crippen LogP) is 2.20. The highest BCUT2D eigenvalue weighted by molar-refractivity contribution is 6.48. The van der Waals surface area contributed by atoms with Crippen molar-refractivity contribution in [3.05, 3.63) is 10.4 Å². The van der Waals surface area contributed by atoms with E-state index >= 15 is 0 Å². The van der Waals surface area contributed by atoms with Gasteiger partial charge in [0.05, 0.1) is 0 Å². The Bertz CT molecular complexity index is 172. The lowest BCUT2D eigenvalue weighted by atomic mass is 10.4. The van der Waals surface area contributed by atoms with E-state index in [0.29, 0.717) is 0 Å². The van der Waals surface area contributed by atoms with Crippen LogP contribution in [0, 0.1) is 0 Å². The van der Waals surface area contributed by atoms with Crippen molar-refractivity contribution in [2.45, 2.75) is 25.6 Å². The maximum absolute atomic E-state index is 12.0. The first-order chi connectivity index (χ1) is 5.57. The topological polar surface area (TPSA) is 58.0 Å². The summed E-state index contributed by atoms with van der Waals surface area (Å²) in [6.45, 7) is 3.45. The van der Waals surface area contributed by atoms with Gasteiger partial charge in [-0.05, 0) is 18.6 Å². The summed E-state index contributed by atoms with van der Waals surface area (Å²) in [6.07, 6.45) is -2.65. The molecule has 1 atom stereocenters. The molecule has 0 saturated heterocycles. The van der Waals surface area contributed by atoms with E-state index in [1.807, 2.05) is 13.1 Å². The molecule has 7 heteroatoms. The lowest BCUT2D eigenvalue weighted by molar-refractivity contribution is 0.0900. The minimum Gasteiger partial charge on any atom is -0.417 e. The molecule has 0 aromatic carbocycles. The molecule has 69 valence electrons. The quantitative estimate of drug-likeness (QED) is 0.286. The highest BCUT2D eigenvalue weighted by Gasteiger charge is 2.19. The zero-order valence-corrected chi connectivity index (χ0v) is 7.87. The number of hydrogen-bond acceptors (Lipinski definition) is 2. The molecule has 0 unspecified atom stereocenters. The van der Waals surface area contributed by atoms with Crippen LogP contribution in [0.3, 0.4) is 0 Å². The van der Waals surface area contributed by atoms with Crippen LogP contribution >= 0.6 is 0 Å². The molecule has 12 heavy (non-hydrogen) atoms. The first-order valence-electron chi connectivity index (χ1n) is 3.33. The summed E-state index contributed by atoms with van der Waals surface area (Å²) in [7, 11) is -0.997. The van der Waals surface area contributed by atoms with Crippen molar-refractivity contribution in [3.8, 4) is 0 Å². The van der Waals surface area contributed by atoms with E-state index in [9.17, 15) is 8.78 Å². The van der Waals surface area contributed by atoms with Crippen LogP contribution in [0.25, 0.3) is 10.4 Å². The van der Waals surface area contributed by atoms with Gasteiger partial charge in [-0.2, -0.15) is 0 Å². The van der Waals surface area contributed by atoms with Gasteiger partial charge in [0.1, 0.15) is 6.04 Å². The SMILES string of the molecule is C[Si](C)OC[C@H](N=[N+]=[N-])C(F)F. The predicted molar refractivity (Wildman–Crippen MR) is 42.4 cm³/mol. The van der Waals surface area contributed by atoms with Crippen molar-refractivity contribution < 1.29 is 13.2 Å². The Balaban J connectivity index is 3.87. The van der Waals surface area contributed by atoms with Crippen LogP contribution in [0.5, 0.6) is 0 Å². The molecule has 0 aliphatic carbocycles. The van der Waals surface area contributed by atoms with Gasteiger partial charge in [0, 0.05) is 11.5 Å². The molecular weight excluding hydrogens is 184 g/mol. The van der Waals surface area contributed by atoms with Crippen LogP contribution in [-0.4, -0.2) is 28.1 Å². The largest absolute Gasteiger partial charge is 0.417 e. The van der Waals surface area contributed by atoms with Gasteiger partial charge in [-0.25, -0.2) is 8.78 Å². The van der Waals surface area contributed by atoms with E-state index in [0.717, 1.165) is 0 Å². The minimum atomic E-state index is -2.65. The molecule has 0 heterocycles. The Morgan fingerprint density at radius 3 is 2.50 bits per heavy atom. The van der Waals surface area contributed by atoms with E-state index in [2.05, 4.69) is 10.0 Å². The molecule has 4 nitrogen and oxygen atoms in total. The first-order valence-corrected chi connectivity index (χ1v) is 5.74.